The summed E-state index contributed by atoms with van der Waals surface area (Å²) in [7, 11) is 4.04. The van der Waals surface area contributed by atoms with Gasteiger partial charge in [0.1, 0.15) is 0 Å². The van der Waals surface area contributed by atoms with Crippen LogP contribution in [0.4, 0.5) is 0 Å². The highest BCUT2D eigenvalue weighted by Crippen LogP contribution is 2.28. The smallest absolute Gasteiger partial charge is 0.240 e. The van der Waals surface area contributed by atoms with Crippen LogP contribution < -0.4 is 5.32 Å². The van der Waals surface area contributed by atoms with Crippen LogP contribution in [-0.2, 0) is 4.79 Å². The molecule has 0 spiro atoms. The minimum atomic E-state index is 0.0746. The molecule has 1 heterocycles. The molecule has 2 aliphatic rings. The maximum Gasteiger partial charge on any atom is 0.240 e. The van der Waals surface area contributed by atoms with Gasteiger partial charge in [0, 0.05) is 18.6 Å². The fourth-order valence-electron chi connectivity index (χ4n) is 3.73. The summed E-state index contributed by atoms with van der Waals surface area (Å²) in [4.78, 5) is 17.3. The molecule has 1 aliphatic carbocycles. The van der Waals surface area contributed by atoms with E-state index in [1.807, 2.05) is 7.05 Å². The van der Waals surface area contributed by atoms with Crippen molar-refractivity contribution in [2.45, 2.75) is 63.6 Å². The predicted molar refractivity (Wildman–Crippen MR) is 78.1 cm³/mol. The summed E-state index contributed by atoms with van der Waals surface area (Å²) in [5.74, 6) is 0.364. The van der Waals surface area contributed by atoms with Crippen molar-refractivity contribution in [1.29, 1.82) is 0 Å². The van der Waals surface area contributed by atoms with Crippen LogP contribution in [0.25, 0.3) is 0 Å². The molecule has 2 rings (SSSR count). The maximum atomic E-state index is 12.8. The number of piperazine rings is 1. The molecule has 110 valence electrons. The number of nitrogens with zero attached hydrogens (tertiary/aromatic N) is 2. The summed E-state index contributed by atoms with van der Waals surface area (Å²) in [5, 5.41) is 3.16. The fraction of sp³-hybridized carbons (Fsp3) is 0.933. The summed E-state index contributed by atoms with van der Waals surface area (Å²) in [6.45, 7) is 4.13. The zero-order valence-corrected chi connectivity index (χ0v) is 12.7. The number of amides is 1. The van der Waals surface area contributed by atoms with Crippen LogP contribution in [0.1, 0.15) is 45.4 Å². The van der Waals surface area contributed by atoms with Crippen molar-refractivity contribution in [3.8, 4) is 0 Å². The van der Waals surface area contributed by atoms with Crippen molar-refractivity contribution in [2.24, 2.45) is 0 Å². The van der Waals surface area contributed by atoms with Crippen LogP contribution in [0.3, 0.4) is 0 Å². The number of hydrogen-bond donors (Lipinski definition) is 1. The molecule has 1 saturated carbocycles. The molecule has 0 bridgehead atoms. The Morgan fingerprint density at radius 3 is 2.58 bits per heavy atom. The first-order chi connectivity index (χ1) is 9.15. The molecule has 19 heavy (non-hydrogen) atoms. The molecule has 0 aromatic carbocycles. The van der Waals surface area contributed by atoms with Gasteiger partial charge in [0.15, 0.2) is 0 Å². The Morgan fingerprint density at radius 2 is 1.95 bits per heavy atom. The highest BCUT2D eigenvalue weighted by atomic mass is 16.2. The van der Waals surface area contributed by atoms with Gasteiger partial charge < -0.3 is 10.2 Å². The number of carbonyl (C=O) groups is 1. The molecule has 0 radical (unpaired) electrons. The van der Waals surface area contributed by atoms with E-state index in [0.717, 1.165) is 19.5 Å². The van der Waals surface area contributed by atoms with E-state index < -0.39 is 0 Å². The third-order valence-corrected chi connectivity index (χ3v) is 4.73. The van der Waals surface area contributed by atoms with E-state index in [4.69, 9.17) is 0 Å². The van der Waals surface area contributed by atoms with Gasteiger partial charge in [0.25, 0.3) is 0 Å². The molecule has 2 atom stereocenters. The monoisotopic (exact) mass is 267 g/mol. The molecule has 0 aromatic heterocycles. The third-order valence-electron chi connectivity index (χ3n) is 4.73. The first kappa shape index (κ1) is 14.8. The Hall–Kier alpha value is -0.610. The molecule has 4 nitrogen and oxygen atoms in total. The molecular formula is C15H29N3O. The van der Waals surface area contributed by atoms with Crippen LogP contribution in [-0.4, -0.2) is 61.0 Å². The lowest BCUT2D eigenvalue weighted by molar-refractivity contribution is -0.149. The minimum absolute atomic E-state index is 0.0746. The Morgan fingerprint density at radius 1 is 1.26 bits per heavy atom. The maximum absolute atomic E-state index is 12.8. The Kier molecular flexibility index (Phi) is 5.22. The largest absolute Gasteiger partial charge is 0.334 e. The number of likely N-dealkylation sites (N-methyl/N-ethyl adjacent to an activating group) is 1. The van der Waals surface area contributed by atoms with Gasteiger partial charge in [-0.1, -0.05) is 19.3 Å². The lowest BCUT2D eigenvalue weighted by Gasteiger charge is -2.47. The highest BCUT2D eigenvalue weighted by Gasteiger charge is 2.39. The van der Waals surface area contributed by atoms with E-state index >= 15 is 0 Å². The van der Waals surface area contributed by atoms with Gasteiger partial charge in [-0.25, -0.2) is 0 Å². The van der Waals surface area contributed by atoms with Crippen molar-refractivity contribution in [3.05, 3.63) is 0 Å². The molecule has 2 unspecified atom stereocenters. The Labute approximate surface area is 117 Å². The molecule has 1 saturated heterocycles. The standard InChI is InChI=1S/C15H29N3O/c1-12-11-17(3)14(9-10-16-2)15(19)18(12)13-7-5-4-6-8-13/h12-14,16H,4-11H2,1-3H3. The van der Waals surface area contributed by atoms with E-state index in [0.29, 0.717) is 18.0 Å². The van der Waals surface area contributed by atoms with Crippen molar-refractivity contribution in [1.82, 2.24) is 15.1 Å². The average molecular weight is 267 g/mol. The van der Waals surface area contributed by atoms with E-state index in [9.17, 15) is 4.79 Å². The Bertz CT molecular complexity index is 302. The first-order valence-corrected chi connectivity index (χ1v) is 7.82. The van der Waals surface area contributed by atoms with Gasteiger partial charge in [0.05, 0.1) is 6.04 Å². The number of hydrogen-bond acceptors (Lipinski definition) is 3. The topological polar surface area (TPSA) is 35.6 Å². The SMILES string of the molecule is CNCCC1C(=O)N(C2CCCCC2)C(C)CN1C. The summed E-state index contributed by atoms with van der Waals surface area (Å²) in [6.07, 6.45) is 7.26. The Balaban J connectivity index is 2.05. The van der Waals surface area contributed by atoms with Crippen molar-refractivity contribution in [2.75, 3.05) is 27.2 Å². The van der Waals surface area contributed by atoms with Gasteiger partial charge in [-0.2, -0.15) is 0 Å². The molecule has 4 heteroatoms. The molecule has 0 aromatic rings. The number of rotatable bonds is 4. The van der Waals surface area contributed by atoms with Crippen molar-refractivity contribution in [3.63, 3.8) is 0 Å². The van der Waals surface area contributed by atoms with Crippen LogP contribution in [0.2, 0.25) is 0 Å². The second-order valence-corrected chi connectivity index (χ2v) is 6.23. The zero-order chi connectivity index (χ0) is 13.8. The quantitative estimate of drug-likeness (QED) is 0.837. The summed E-state index contributed by atoms with van der Waals surface area (Å²) < 4.78 is 0. The molecule has 1 amide bonds. The number of nitrogens with one attached hydrogen (secondary N) is 1. The zero-order valence-electron chi connectivity index (χ0n) is 12.7. The average Bonchev–Trinajstić information content (AvgIpc) is 2.39. The van der Waals surface area contributed by atoms with Gasteiger partial charge in [-0.05, 0) is 46.8 Å². The molecule has 2 fully saturated rings. The van der Waals surface area contributed by atoms with Gasteiger partial charge in [0.2, 0.25) is 5.91 Å². The molecular weight excluding hydrogens is 238 g/mol. The minimum Gasteiger partial charge on any atom is -0.334 e. The first-order valence-electron chi connectivity index (χ1n) is 7.82. The van der Waals surface area contributed by atoms with Gasteiger partial charge in [-0.3, -0.25) is 9.69 Å². The van der Waals surface area contributed by atoms with Gasteiger partial charge in [-0.15, -0.1) is 0 Å². The van der Waals surface area contributed by atoms with Crippen LogP contribution in [0.15, 0.2) is 0 Å². The van der Waals surface area contributed by atoms with Crippen LogP contribution in [0.5, 0.6) is 0 Å². The summed E-state index contributed by atoms with van der Waals surface area (Å²) in [6, 6.07) is 0.944. The predicted octanol–water partition coefficient (Wildman–Crippen LogP) is 1.46. The summed E-state index contributed by atoms with van der Waals surface area (Å²) >= 11 is 0. The second-order valence-electron chi connectivity index (χ2n) is 6.23. The van der Waals surface area contributed by atoms with Crippen LogP contribution >= 0.6 is 0 Å². The van der Waals surface area contributed by atoms with E-state index in [1.54, 1.807) is 0 Å². The summed E-state index contributed by atoms with van der Waals surface area (Å²) in [5.41, 5.74) is 0. The lowest BCUT2D eigenvalue weighted by atomic mass is 9.91. The normalized spacial score (nSPS) is 30.9. The fourth-order valence-corrected chi connectivity index (χ4v) is 3.73. The van der Waals surface area contributed by atoms with Crippen LogP contribution in [0, 0.1) is 0 Å². The van der Waals surface area contributed by atoms with E-state index in [-0.39, 0.29) is 6.04 Å². The molecule has 1 N–H and O–H groups in total. The van der Waals surface area contributed by atoms with E-state index in [2.05, 4.69) is 29.1 Å². The van der Waals surface area contributed by atoms with Crippen molar-refractivity contribution >= 4 is 5.91 Å². The lowest BCUT2D eigenvalue weighted by Crippen LogP contribution is -2.62. The third kappa shape index (κ3) is 3.29. The van der Waals surface area contributed by atoms with Gasteiger partial charge >= 0.3 is 0 Å². The second kappa shape index (κ2) is 6.71. The number of carbonyl (C=O) groups excluding carboxylic acids is 1. The van der Waals surface area contributed by atoms with Crippen molar-refractivity contribution < 1.29 is 4.79 Å². The van der Waals surface area contributed by atoms with E-state index in [1.165, 1.54) is 32.1 Å². The molecule has 1 aliphatic heterocycles. The highest BCUT2D eigenvalue weighted by molar-refractivity contribution is 5.83.